The van der Waals surface area contributed by atoms with Gasteiger partial charge in [-0.05, 0) is 37.6 Å². The molecule has 0 heterocycles. The average Bonchev–Trinajstić information content (AvgIpc) is 2.46. The van der Waals surface area contributed by atoms with Crippen LogP contribution in [-0.4, -0.2) is 16.8 Å². The van der Waals surface area contributed by atoms with E-state index in [0.29, 0.717) is 5.56 Å². The van der Waals surface area contributed by atoms with Crippen LogP contribution in [0.25, 0.3) is 0 Å². The van der Waals surface area contributed by atoms with Crippen LogP contribution in [0.1, 0.15) is 11.1 Å². The summed E-state index contributed by atoms with van der Waals surface area (Å²) in [5.74, 6) is 0. The summed E-state index contributed by atoms with van der Waals surface area (Å²) in [5.41, 5.74) is 1.42. The molecule has 2 N–H and O–H groups in total. The van der Waals surface area contributed by atoms with Crippen LogP contribution in [-0.2, 0) is 20.0 Å². The summed E-state index contributed by atoms with van der Waals surface area (Å²) in [6, 6.07) is 12.4. The van der Waals surface area contributed by atoms with Crippen LogP contribution in [0.3, 0.4) is 0 Å². The van der Waals surface area contributed by atoms with E-state index >= 15 is 0 Å². The Hall–Kier alpha value is -1.74. The van der Waals surface area contributed by atoms with Crippen LogP contribution in [0.5, 0.6) is 0 Å². The minimum absolute atomic E-state index is 0.0154. The highest BCUT2D eigenvalue weighted by atomic mass is 32.2. The van der Waals surface area contributed by atoms with E-state index in [1.807, 2.05) is 16.6 Å². The molecule has 6 nitrogen and oxygen atoms in total. The van der Waals surface area contributed by atoms with Crippen LogP contribution in [0, 0.1) is 13.8 Å². The zero-order valence-corrected chi connectivity index (χ0v) is 13.7. The fourth-order valence-electron chi connectivity index (χ4n) is 1.80. The predicted octanol–water partition coefficient (Wildman–Crippen LogP) is 1.48. The fourth-order valence-corrected chi connectivity index (χ4v) is 4.15. The molecule has 0 amide bonds. The Kier molecular flexibility index (Phi) is 4.66. The van der Waals surface area contributed by atoms with Gasteiger partial charge in [-0.1, -0.05) is 35.9 Å². The van der Waals surface area contributed by atoms with Gasteiger partial charge in [-0.3, -0.25) is 0 Å². The lowest BCUT2D eigenvalue weighted by atomic mass is 10.2. The van der Waals surface area contributed by atoms with Crippen LogP contribution in [0.15, 0.2) is 58.3 Å². The molecule has 0 aliphatic carbocycles. The van der Waals surface area contributed by atoms with Crippen molar-refractivity contribution in [2.45, 2.75) is 23.6 Å². The highest BCUT2D eigenvalue weighted by Crippen LogP contribution is 2.14. The minimum Gasteiger partial charge on any atom is -0.206 e. The first-order chi connectivity index (χ1) is 10.2. The van der Waals surface area contributed by atoms with E-state index in [2.05, 4.69) is 0 Å². The molecule has 2 aromatic rings. The van der Waals surface area contributed by atoms with E-state index in [1.54, 1.807) is 37.3 Å². The maximum absolute atomic E-state index is 12.1. The van der Waals surface area contributed by atoms with Gasteiger partial charge < -0.3 is 0 Å². The fraction of sp³-hybridized carbons (Fsp3) is 0.143. The molecule has 118 valence electrons. The van der Waals surface area contributed by atoms with Gasteiger partial charge >= 0.3 is 0 Å². The summed E-state index contributed by atoms with van der Waals surface area (Å²) in [5, 5.41) is 0. The standard InChI is InChI=1S/C14H16N2O4S2/c1-11-7-9-13(10-8-11)21(17,18)15-16-22(19,20)14-6-4-3-5-12(14)2/h3-10,15-16H,1-2H3. The Balaban J connectivity index is 2.22. The highest BCUT2D eigenvalue weighted by molar-refractivity contribution is 7.92. The van der Waals surface area contributed by atoms with Crippen molar-refractivity contribution in [3.63, 3.8) is 0 Å². The van der Waals surface area contributed by atoms with Crippen LogP contribution in [0.4, 0.5) is 0 Å². The van der Waals surface area contributed by atoms with Crippen LogP contribution in [0.2, 0.25) is 0 Å². The zero-order valence-electron chi connectivity index (χ0n) is 12.1. The summed E-state index contributed by atoms with van der Waals surface area (Å²) >= 11 is 0. The molecular weight excluding hydrogens is 324 g/mol. The third kappa shape index (κ3) is 3.72. The molecule has 0 spiro atoms. The minimum atomic E-state index is -3.98. The summed E-state index contributed by atoms with van der Waals surface area (Å²) in [6.07, 6.45) is 0. The Morgan fingerprint density at radius 1 is 0.727 bits per heavy atom. The normalized spacial score (nSPS) is 12.3. The molecule has 0 saturated heterocycles. The summed E-state index contributed by atoms with van der Waals surface area (Å²) < 4.78 is 48.4. The van der Waals surface area contributed by atoms with E-state index in [9.17, 15) is 16.8 Å². The Bertz CT molecular complexity index is 873. The molecule has 2 rings (SSSR count). The van der Waals surface area contributed by atoms with Crippen molar-refractivity contribution in [2.75, 3.05) is 0 Å². The van der Waals surface area contributed by atoms with E-state index in [0.717, 1.165) is 5.56 Å². The van der Waals surface area contributed by atoms with Gasteiger partial charge in [-0.25, -0.2) is 16.8 Å². The molecule has 0 aliphatic heterocycles. The molecule has 8 heteroatoms. The Labute approximate surface area is 130 Å². The average molecular weight is 340 g/mol. The Morgan fingerprint density at radius 2 is 1.27 bits per heavy atom. The van der Waals surface area contributed by atoms with Gasteiger partial charge in [0.2, 0.25) is 0 Å². The summed E-state index contributed by atoms with van der Waals surface area (Å²) in [6.45, 7) is 3.45. The van der Waals surface area contributed by atoms with Gasteiger partial charge in [0, 0.05) is 0 Å². The van der Waals surface area contributed by atoms with Crippen molar-refractivity contribution in [1.82, 2.24) is 9.66 Å². The van der Waals surface area contributed by atoms with Gasteiger partial charge in [-0.2, -0.15) is 0 Å². The van der Waals surface area contributed by atoms with Gasteiger partial charge in [0.25, 0.3) is 20.0 Å². The van der Waals surface area contributed by atoms with Crippen molar-refractivity contribution >= 4 is 20.0 Å². The molecule has 0 aromatic heterocycles. The molecular formula is C14H16N2O4S2. The summed E-state index contributed by atoms with van der Waals surface area (Å²) in [4.78, 5) is 3.79. The van der Waals surface area contributed by atoms with Gasteiger partial charge in [0.15, 0.2) is 0 Å². The first kappa shape index (κ1) is 16.6. The third-order valence-electron chi connectivity index (χ3n) is 3.02. The second-order valence-electron chi connectivity index (χ2n) is 4.79. The molecule has 22 heavy (non-hydrogen) atoms. The monoisotopic (exact) mass is 340 g/mol. The van der Waals surface area contributed by atoms with Gasteiger partial charge in [0.05, 0.1) is 9.79 Å². The molecule has 0 atom stereocenters. The lowest BCUT2D eigenvalue weighted by Crippen LogP contribution is -2.41. The van der Waals surface area contributed by atoms with Crippen LogP contribution >= 0.6 is 0 Å². The molecule has 0 radical (unpaired) electrons. The van der Waals surface area contributed by atoms with E-state index in [-0.39, 0.29) is 9.79 Å². The number of hydrogen-bond donors (Lipinski definition) is 2. The Morgan fingerprint density at radius 3 is 1.86 bits per heavy atom. The first-order valence-corrected chi connectivity index (χ1v) is 9.35. The smallest absolute Gasteiger partial charge is 0.206 e. The third-order valence-corrected chi connectivity index (χ3v) is 5.83. The number of nitrogens with one attached hydrogen (secondary N) is 2. The quantitative estimate of drug-likeness (QED) is 0.806. The number of sulfonamides is 2. The van der Waals surface area contributed by atoms with E-state index in [1.165, 1.54) is 18.2 Å². The highest BCUT2D eigenvalue weighted by Gasteiger charge is 2.20. The topological polar surface area (TPSA) is 92.3 Å². The lowest BCUT2D eigenvalue weighted by molar-refractivity contribution is 0.557. The van der Waals surface area contributed by atoms with Crippen molar-refractivity contribution in [3.8, 4) is 0 Å². The zero-order chi connectivity index (χ0) is 16.4. The molecule has 0 saturated carbocycles. The van der Waals surface area contributed by atoms with Gasteiger partial charge in [-0.15, -0.1) is 9.66 Å². The maximum Gasteiger partial charge on any atom is 0.254 e. The molecule has 2 aromatic carbocycles. The van der Waals surface area contributed by atoms with E-state index < -0.39 is 20.0 Å². The van der Waals surface area contributed by atoms with Crippen LogP contribution < -0.4 is 9.66 Å². The number of hydrazine groups is 1. The van der Waals surface area contributed by atoms with Crippen molar-refractivity contribution in [3.05, 3.63) is 59.7 Å². The summed E-state index contributed by atoms with van der Waals surface area (Å²) in [7, 11) is -7.95. The van der Waals surface area contributed by atoms with Crippen molar-refractivity contribution < 1.29 is 16.8 Å². The maximum atomic E-state index is 12.1. The van der Waals surface area contributed by atoms with E-state index in [4.69, 9.17) is 0 Å². The second-order valence-corrected chi connectivity index (χ2v) is 8.12. The largest absolute Gasteiger partial charge is 0.254 e. The number of aryl methyl sites for hydroxylation is 2. The first-order valence-electron chi connectivity index (χ1n) is 6.38. The van der Waals surface area contributed by atoms with Crippen molar-refractivity contribution in [1.29, 1.82) is 0 Å². The molecule has 0 bridgehead atoms. The SMILES string of the molecule is Cc1ccc(S(=O)(=O)NNS(=O)(=O)c2ccccc2C)cc1. The lowest BCUT2D eigenvalue weighted by Gasteiger charge is -2.11. The number of benzene rings is 2. The van der Waals surface area contributed by atoms with Gasteiger partial charge in [0.1, 0.15) is 0 Å². The number of hydrogen-bond acceptors (Lipinski definition) is 4. The molecule has 0 fully saturated rings. The molecule has 0 aliphatic rings. The van der Waals surface area contributed by atoms with Crippen molar-refractivity contribution in [2.24, 2.45) is 0 Å². The second kappa shape index (κ2) is 6.17. The molecule has 0 unspecified atom stereocenters. The number of rotatable bonds is 5. The predicted molar refractivity (Wildman–Crippen MR) is 83.0 cm³/mol.